The average Bonchev–Trinajstić information content (AvgIpc) is 3.49. The molecule has 0 radical (unpaired) electrons. The number of hydrogen-bond acceptors (Lipinski definition) is 8. The minimum absolute atomic E-state index is 0.0381. The highest BCUT2D eigenvalue weighted by Crippen LogP contribution is 2.32. The van der Waals surface area contributed by atoms with E-state index in [1.807, 2.05) is 18.2 Å². The van der Waals surface area contributed by atoms with Crippen molar-refractivity contribution in [3.8, 4) is 11.9 Å². The number of likely N-dealkylation sites (tertiary alicyclic amines) is 1. The van der Waals surface area contributed by atoms with Crippen LogP contribution in [0.4, 0.5) is 4.39 Å². The Morgan fingerprint density at radius 2 is 2.02 bits per heavy atom. The molecule has 40 heavy (non-hydrogen) atoms. The van der Waals surface area contributed by atoms with Crippen molar-refractivity contribution >= 4 is 27.7 Å². The fraction of sp³-hybridized carbons (Fsp3) is 0.379. The summed E-state index contributed by atoms with van der Waals surface area (Å²) in [5.41, 5.74) is 2.34. The molecule has 1 atom stereocenters. The average molecular weight is 562 g/mol. The van der Waals surface area contributed by atoms with Gasteiger partial charge in [0.15, 0.2) is 0 Å². The molecule has 2 aliphatic rings. The summed E-state index contributed by atoms with van der Waals surface area (Å²) in [6, 6.07) is 13.6. The van der Waals surface area contributed by atoms with Gasteiger partial charge in [-0.05, 0) is 56.6 Å². The quantitative estimate of drug-likeness (QED) is 0.305. The molecule has 0 unspecified atom stereocenters. The fourth-order valence-corrected chi connectivity index (χ4v) is 6.18. The molecule has 0 aliphatic carbocycles. The lowest BCUT2D eigenvalue weighted by atomic mass is 9.93. The van der Waals surface area contributed by atoms with Crippen molar-refractivity contribution in [2.45, 2.75) is 51.0 Å². The minimum Gasteiger partial charge on any atom is -0.477 e. The number of aromatic nitrogens is 3. The van der Waals surface area contributed by atoms with Crippen LogP contribution >= 0.6 is 11.3 Å². The molecule has 0 bridgehead atoms. The van der Waals surface area contributed by atoms with E-state index in [1.165, 1.54) is 17.4 Å². The summed E-state index contributed by atoms with van der Waals surface area (Å²) >= 11 is 1.27. The highest BCUT2D eigenvalue weighted by molar-refractivity contribution is 7.20. The van der Waals surface area contributed by atoms with Crippen LogP contribution in [0.25, 0.3) is 10.3 Å². The summed E-state index contributed by atoms with van der Waals surface area (Å²) < 4.78 is 27.8. The van der Waals surface area contributed by atoms with Crippen LogP contribution in [0, 0.1) is 17.1 Å². The Kier molecular flexibility index (Phi) is 7.47. The predicted molar refractivity (Wildman–Crippen MR) is 146 cm³/mol. The van der Waals surface area contributed by atoms with Crippen LogP contribution in [0.2, 0.25) is 0 Å². The zero-order chi connectivity index (χ0) is 27.6. The Hall–Kier alpha value is -3.85. The fourth-order valence-electron chi connectivity index (χ4n) is 5.22. The van der Waals surface area contributed by atoms with Crippen LogP contribution in [0.3, 0.4) is 0 Å². The van der Waals surface area contributed by atoms with E-state index in [0.717, 1.165) is 60.8 Å². The van der Waals surface area contributed by atoms with Gasteiger partial charge in [0.2, 0.25) is 5.88 Å². The number of fused-ring (bicyclic) bond motifs is 1. The molecule has 0 amide bonds. The van der Waals surface area contributed by atoms with E-state index in [9.17, 15) is 14.3 Å². The van der Waals surface area contributed by atoms with Gasteiger partial charge in [-0.3, -0.25) is 4.90 Å². The summed E-state index contributed by atoms with van der Waals surface area (Å²) in [5, 5.41) is 18.3. The molecule has 6 rings (SSSR count). The van der Waals surface area contributed by atoms with E-state index in [1.54, 1.807) is 24.3 Å². The van der Waals surface area contributed by atoms with E-state index in [0.29, 0.717) is 29.4 Å². The van der Waals surface area contributed by atoms with Crippen molar-refractivity contribution in [3.05, 3.63) is 75.8 Å². The number of piperidine rings is 1. The van der Waals surface area contributed by atoms with Crippen molar-refractivity contribution < 1.29 is 23.8 Å². The molecule has 2 saturated heterocycles. The molecule has 5 heterocycles. The Bertz CT molecular complexity index is 1580. The molecular formula is C29H28FN5O4S. The van der Waals surface area contributed by atoms with Gasteiger partial charge in [0.05, 0.1) is 30.8 Å². The van der Waals surface area contributed by atoms with Crippen molar-refractivity contribution in [2.24, 2.45) is 0 Å². The van der Waals surface area contributed by atoms with Crippen LogP contribution in [-0.4, -0.2) is 56.3 Å². The van der Waals surface area contributed by atoms with E-state index in [4.69, 9.17) is 24.7 Å². The summed E-state index contributed by atoms with van der Waals surface area (Å²) in [4.78, 5) is 24.6. The lowest BCUT2D eigenvalue weighted by Gasteiger charge is -2.32. The maximum atomic E-state index is 14.2. The number of pyridine rings is 1. The Morgan fingerprint density at radius 3 is 2.73 bits per heavy atom. The highest BCUT2D eigenvalue weighted by atomic mass is 32.1. The number of imidazole rings is 1. The second kappa shape index (κ2) is 11.3. The lowest BCUT2D eigenvalue weighted by molar-refractivity contribution is -0.0591. The van der Waals surface area contributed by atoms with Gasteiger partial charge in [-0.2, -0.15) is 5.26 Å². The summed E-state index contributed by atoms with van der Waals surface area (Å²) in [5.74, 6) is 0.282. The summed E-state index contributed by atoms with van der Waals surface area (Å²) in [7, 11) is 0. The third-order valence-electron chi connectivity index (χ3n) is 7.56. The van der Waals surface area contributed by atoms with Gasteiger partial charge in [0.1, 0.15) is 33.5 Å². The molecule has 2 aliphatic heterocycles. The van der Waals surface area contributed by atoms with Crippen molar-refractivity contribution in [1.82, 2.24) is 19.4 Å². The number of ether oxygens (including phenoxy) is 2. The van der Waals surface area contributed by atoms with Crippen LogP contribution < -0.4 is 4.74 Å². The second-order valence-corrected chi connectivity index (χ2v) is 11.2. The molecule has 1 aromatic carbocycles. The molecule has 0 spiro atoms. The molecule has 9 nitrogen and oxygen atoms in total. The zero-order valence-electron chi connectivity index (χ0n) is 21.8. The number of halogens is 1. The van der Waals surface area contributed by atoms with E-state index in [-0.39, 0.29) is 24.2 Å². The standard InChI is InChI=1S/C29H28FN5O4S/c30-22-12-18(14-31)4-5-20(22)17-39-27-3-1-2-23(33-27)19-6-9-34(10-7-19)16-26-32-24-13-25(29(36)37)40-28(24)35(26)15-21-8-11-38-21/h1-5,12-13,19,21H,6-11,15-17H2,(H,36,37)/t21-/m0/s1. The second-order valence-electron chi connectivity index (χ2n) is 10.2. The first kappa shape index (κ1) is 26.4. The minimum atomic E-state index is -0.928. The number of carboxylic acid groups (broad SMARTS) is 1. The van der Waals surface area contributed by atoms with Crippen LogP contribution in [-0.2, 0) is 24.4 Å². The number of carbonyl (C=O) groups is 1. The van der Waals surface area contributed by atoms with E-state index in [2.05, 4.69) is 9.47 Å². The monoisotopic (exact) mass is 561 g/mol. The van der Waals surface area contributed by atoms with Crippen LogP contribution in [0.15, 0.2) is 42.5 Å². The van der Waals surface area contributed by atoms with Gasteiger partial charge in [-0.15, -0.1) is 11.3 Å². The summed E-state index contributed by atoms with van der Waals surface area (Å²) in [6.07, 6.45) is 3.01. The first-order valence-electron chi connectivity index (χ1n) is 13.3. The highest BCUT2D eigenvalue weighted by Gasteiger charge is 2.27. The molecule has 4 aromatic rings. The normalized spacial score (nSPS) is 17.9. The number of thiophene rings is 1. The largest absolute Gasteiger partial charge is 0.477 e. The lowest BCUT2D eigenvalue weighted by Crippen LogP contribution is -2.35. The first-order valence-corrected chi connectivity index (χ1v) is 14.1. The first-order chi connectivity index (χ1) is 19.5. The van der Waals surface area contributed by atoms with Gasteiger partial charge in [-0.1, -0.05) is 12.1 Å². The van der Waals surface area contributed by atoms with Crippen molar-refractivity contribution in [3.63, 3.8) is 0 Å². The Labute approximate surface area is 234 Å². The Morgan fingerprint density at radius 1 is 1.20 bits per heavy atom. The SMILES string of the molecule is N#Cc1ccc(COc2cccc(C3CCN(Cc4nc5cc(C(=O)O)sc5n4C[C@@H]4CCO4)CC3)n2)c(F)c1. The number of nitrogens with zero attached hydrogens (tertiary/aromatic N) is 5. The number of rotatable bonds is 9. The van der Waals surface area contributed by atoms with E-state index >= 15 is 0 Å². The molecule has 206 valence electrons. The summed E-state index contributed by atoms with van der Waals surface area (Å²) in [6.45, 7) is 3.95. The maximum Gasteiger partial charge on any atom is 0.346 e. The van der Waals surface area contributed by atoms with Gasteiger partial charge in [0.25, 0.3) is 0 Å². The molecular weight excluding hydrogens is 533 g/mol. The molecule has 3 aromatic heterocycles. The number of hydrogen-bond donors (Lipinski definition) is 1. The molecule has 2 fully saturated rings. The number of benzene rings is 1. The predicted octanol–water partition coefficient (Wildman–Crippen LogP) is 4.95. The van der Waals surface area contributed by atoms with Gasteiger partial charge < -0.3 is 19.1 Å². The number of aromatic carboxylic acids is 1. The van der Waals surface area contributed by atoms with Crippen molar-refractivity contribution in [2.75, 3.05) is 19.7 Å². The van der Waals surface area contributed by atoms with Gasteiger partial charge >= 0.3 is 5.97 Å². The van der Waals surface area contributed by atoms with E-state index < -0.39 is 11.8 Å². The van der Waals surface area contributed by atoms with Crippen molar-refractivity contribution in [1.29, 1.82) is 5.26 Å². The van der Waals surface area contributed by atoms with Gasteiger partial charge in [-0.25, -0.2) is 19.2 Å². The topological polar surface area (TPSA) is 114 Å². The number of carboxylic acids is 1. The smallest absolute Gasteiger partial charge is 0.346 e. The molecule has 1 N–H and O–H groups in total. The number of nitriles is 1. The maximum absolute atomic E-state index is 14.2. The van der Waals surface area contributed by atoms with Crippen LogP contribution in [0.5, 0.6) is 5.88 Å². The third-order valence-corrected chi connectivity index (χ3v) is 8.70. The van der Waals surface area contributed by atoms with Crippen LogP contribution in [0.1, 0.15) is 57.5 Å². The Balaban J connectivity index is 1.08. The van der Waals surface area contributed by atoms with Gasteiger partial charge in [0, 0.05) is 29.8 Å². The molecule has 0 saturated carbocycles. The zero-order valence-corrected chi connectivity index (χ0v) is 22.6. The molecule has 11 heteroatoms. The third kappa shape index (κ3) is 5.56.